The zero-order chi connectivity index (χ0) is 19.8. The van der Waals surface area contributed by atoms with Crippen LogP contribution in [0.2, 0.25) is 0 Å². The number of amides is 3. The lowest BCUT2D eigenvalue weighted by molar-refractivity contribution is -0.123. The van der Waals surface area contributed by atoms with Crippen LogP contribution in [0.3, 0.4) is 0 Å². The second kappa shape index (κ2) is 9.65. The molecule has 9 heteroatoms. The first-order valence-electron chi connectivity index (χ1n) is 8.54. The highest BCUT2D eigenvalue weighted by atomic mass is 19.1. The fourth-order valence-electron chi connectivity index (χ4n) is 2.80. The predicted molar refractivity (Wildman–Crippen MR) is 92.9 cm³/mol. The molecule has 2 rings (SSSR count). The molecule has 1 aliphatic heterocycles. The van der Waals surface area contributed by atoms with Crippen LogP contribution in [-0.2, 0) is 16.0 Å². The summed E-state index contributed by atoms with van der Waals surface area (Å²) in [6.45, 7) is 0.393. The Bertz CT molecular complexity index is 719. The van der Waals surface area contributed by atoms with Crippen molar-refractivity contribution in [1.82, 2.24) is 16.0 Å². The van der Waals surface area contributed by atoms with E-state index in [4.69, 9.17) is 5.11 Å². The van der Waals surface area contributed by atoms with Crippen molar-refractivity contribution in [3.8, 4) is 0 Å². The molecule has 1 aliphatic rings. The van der Waals surface area contributed by atoms with Gasteiger partial charge in [-0.15, -0.1) is 0 Å². The van der Waals surface area contributed by atoms with Crippen LogP contribution in [0.4, 0.5) is 13.6 Å². The van der Waals surface area contributed by atoms with Crippen LogP contribution in [0, 0.1) is 11.6 Å². The van der Waals surface area contributed by atoms with Crippen LogP contribution in [-0.4, -0.2) is 41.6 Å². The van der Waals surface area contributed by atoms with Gasteiger partial charge in [-0.1, -0.05) is 6.08 Å². The molecule has 0 spiro atoms. The Balaban J connectivity index is 2.21. The van der Waals surface area contributed by atoms with Crippen molar-refractivity contribution in [1.29, 1.82) is 0 Å². The minimum absolute atomic E-state index is 0.0317. The lowest BCUT2D eigenvalue weighted by atomic mass is 10.0. The second-order valence-corrected chi connectivity index (χ2v) is 6.24. The van der Waals surface area contributed by atoms with E-state index in [1.807, 2.05) is 0 Å². The molecule has 4 N–H and O–H groups in total. The standard InChI is InChI=1S/C18H21F2N3O4/c19-12-7-11(8-13(20)10-12)9-14-4-5-16(24)21-6-2-1-3-15(17(25)22-14)23-18(26)27/h4-5,7-8,10,14-15,23H,1-3,6,9H2,(H,21,24)(H,22,25)(H,26,27)/b5-4+/t14-,15+/m1/s1. The topological polar surface area (TPSA) is 108 Å². The van der Waals surface area contributed by atoms with Crippen LogP contribution < -0.4 is 16.0 Å². The second-order valence-electron chi connectivity index (χ2n) is 6.24. The number of carboxylic acid groups (broad SMARTS) is 1. The third-order valence-electron chi connectivity index (χ3n) is 4.02. The zero-order valence-electron chi connectivity index (χ0n) is 14.5. The van der Waals surface area contributed by atoms with Gasteiger partial charge in [0.05, 0.1) is 6.04 Å². The van der Waals surface area contributed by atoms with Crippen LogP contribution in [0.15, 0.2) is 30.4 Å². The van der Waals surface area contributed by atoms with Gasteiger partial charge in [-0.25, -0.2) is 13.6 Å². The number of carbonyl (C=O) groups is 3. The molecule has 7 nitrogen and oxygen atoms in total. The van der Waals surface area contributed by atoms with E-state index in [0.717, 1.165) is 18.2 Å². The van der Waals surface area contributed by atoms with Gasteiger partial charge in [0, 0.05) is 18.7 Å². The largest absolute Gasteiger partial charge is 0.465 e. The van der Waals surface area contributed by atoms with Crippen molar-refractivity contribution in [2.45, 2.75) is 37.8 Å². The molecule has 1 aromatic rings. The summed E-state index contributed by atoms with van der Waals surface area (Å²) in [6.07, 6.45) is 2.74. The van der Waals surface area contributed by atoms with Crippen molar-refractivity contribution < 1.29 is 28.3 Å². The molecule has 0 fully saturated rings. The molecule has 146 valence electrons. The Kier molecular flexibility index (Phi) is 7.27. The quantitative estimate of drug-likeness (QED) is 0.636. The lowest BCUT2D eigenvalue weighted by Gasteiger charge is -2.22. The van der Waals surface area contributed by atoms with Crippen LogP contribution in [0.25, 0.3) is 0 Å². The molecular formula is C18H21F2N3O4. The average Bonchev–Trinajstić information content (AvgIpc) is 2.56. The minimum atomic E-state index is -1.32. The molecule has 0 saturated heterocycles. The van der Waals surface area contributed by atoms with Gasteiger partial charge < -0.3 is 21.1 Å². The highest BCUT2D eigenvalue weighted by molar-refractivity contribution is 5.88. The molecule has 0 aromatic heterocycles. The summed E-state index contributed by atoms with van der Waals surface area (Å²) >= 11 is 0. The number of nitrogens with one attached hydrogen (secondary N) is 3. The Morgan fingerprint density at radius 1 is 1.19 bits per heavy atom. The molecule has 27 heavy (non-hydrogen) atoms. The number of carbonyl (C=O) groups excluding carboxylic acids is 2. The first kappa shape index (κ1) is 20.3. The third kappa shape index (κ3) is 7.04. The lowest BCUT2D eigenvalue weighted by Crippen LogP contribution is -2.49. The normalized spacial score (nSPS) is 22.6. The molecule has 0 saturated carbocycles. The van der Waals surface area contributed by atoms with Crippen LogP contribution >= 0.6 is 0 Å². The Labute approximate surface area is 154 Å². The van der Waals surface area contributed by atoms with Gasteiger partial charge in [-0.3, -0.25) is 9.59 Å². The van der Waals surface area contributed by atoms with Gasteiger partial charge in [0.2, 0.25) is 11.8 Å². The summed E-state index contributed by atoms with van der Waals surface area (Å²) in [5.41, 5.74) is 0.290. The molecular weight excluding hydrogens is 360 g/mol. The Morgan fingerprint density at radius 3 is 2.56 bits per heavy atom. The molecule has 1 heterocycles. The van der Waals surface area contributed by atoms with E-state index in [9.17, 15) is 23.2 Å². The van der Waals surface area contributed by atoms with E-state index in [1.165, 1.54) is 12.2 Å². The molecule has 0 unspecified atom stereocenters. The fourth-order valence-corrected chi connectivity index (χ4v) is 2.80. The first-order valence-corrected chi connectivity index (χ1v) is 8.54. The highest BCUT2D eigenvalue weighted by Crippen LogP contribution is 2.12. The van der Waals surface area contributed by atoms with Crippen molar-refractivity contribution in [3.05, 3.63) is 47.5 Å². The number of hydrogen-bond donors (Lipinski definition) is 4. The van der Waals surface area contributed by atoms with Gasteiger partial charge in [-0.2, -0.15) is 0 Å². The molecule has 3 amide bonds. The highest BCUT2D eigenvalue weighted by Gasteiger charge is 2.23. The Morgan fingerprint density at radius 2 is 1.89 bits per heavy atom. The zero-order valence-corrected chi connectivity index (χ0v) is 14.5. The van der Waals surface area contributed by atoms with E-state index in [1.54, 1.807) is 0 Å². The van der Waals surface area contributed by atoms with Crippen molar-refractivity contribution >= 4 is 17.9 Å². The van der Waals surface area contributed by atoms with E-state index < -0.39 is 35.7 Å². The van der Waals surface area contributed by atoms with Crippen LogP contribution in [0.5, 0.6) is 0 Å². The Hall–Kier alpha value is -2.97. The maximum Gasteiger partial charge on any atom is 0.405 e. The summed E-state index contributed by atoms with van der Waals surface area (Å²) in [4.78, 5) is 35.2. The summed E-state index contributed by atoms with van der Waals surface area (Å²) in [7, 11) is 0. The van der Waals surface area contributed by atoms with Gasteiger partial charge in [0.25, 0.3) is 0 Å². The van der Waals surface area contributed by atoms with Crippen molar-refractivity contribution in [2.75, 3.05) is 6.54 Å². The van der Waals surface area contributed by atoms with Crippen molar-refractivity contribution in [3.63, 3.8) is 0 Å². The molecule has 0 radical (unpaired) electrons. The minimum Gasteiger partial charge on any atom is -0.465 e. The maximum absolute atomic E-state index is 13.4. The number of benzene rings is 1. The summed E-state index contributed by atoms with van der Waals surface area (Å²) in [5.74, 6) is -2.42. The molecule has 0 bridgehead atoms. The fraction of sp³-hybridized carbons (Fsp3) is 0.389. The summed E-state index contributed by atoms with van der Waals surface area (Å²) in [5, 5.41) is 16.4. The summed E-state index contributed by atoms with van der Waals surface area (Å²) in [6, 6.07) is 1.29. The molecule has 0 aliphatic carbocycles. The van der Waals surface area contributed by atoms with E-state index in [0.29, 0.717) is 19.4 Å². The van der Waals surface area contributed by atoms with E-state index in [-0.39, 0.29) is 24.3 Å². The SMILES string of the molecule is O=C(O)N[C@H]1CCCCNC(=O)/C=C/[C@H](Cc2cc(F)cc(F)c2)NC1=O. The van der Waals surface area contributed by atoms with Gasteiger partial charge in [0.1, 0.15) is 17.7 Å². The van der Waals surface area contributed by atoms with Gasteiger partial charge >= 0.3 is 6.09 Å². The number of hydrogen-bond acceptors (Lipinski definition) is 3. The molecule has 1 aromatic carbocycles. The maximum atomic E-state index is 13.4. The number of halogens is 2. The summed E-state index contributed by atoms with van der Waals surface area (Å²) < 4.78 is 26.8. The van der Waals surface area contributed by atoms with Gasteiger partial charge in [0.15, 0.2) is 0 Å². The first-order chi connectivity index (χ1) is 12.8. The smallest absolute Gasteiger partial charge is 0.405 e. The average molecular weight is 381 g/mol. The number of rotatable bonds is 3. The van der Waals surface area contributed by atoms with E-state index >= 15 is 0 Å². The van der Waals surface area contributed by atoms with Gasteiger partial charge in [-0.05, 0) is 43.4 Å². The van der Waals surface area contributed by atoms with Crippen molar-refractivity contribution in [2.24, 2.45) is 0 Å². The molecule has 2 atom stereocenters. The van der Waals surface area contributed by atoms with Crippen LogP contribution in [0.1, 0.15) is 24.8 Å². The van der Waals surface area contributed by atoms with E-state index in [2.05, 4.69) is 16.0 Å². The monoisotopic (exact) mass is 381 g/mol. The predicted octanol–water partition coefficient (Wildman–Crippen LogP) is 1.48. The third-order valence-corrected chi connectivity index (χ3v) is 4.02.